The number of nitro groups is 1. The van der Waals surface area contributed by atoms with E-state index in [-0.39, 0.29) is 16.5 Å². The van der Waals surface area contributed by atoms with Gasteiger partial charge in [0.25, 0.3) is 5.91 Å². The number of carbonyl (C=O) groups excluding carboxylic acids is 1. The number of rotatable bonds is 3. The van der Waals surface area contributed by atoms with Gasteiger partial charge in [0.15, 0.2) is 5.76 Å². The van der Waals surface area contributed by atoms with Crippen LogP contribution in [0, 0.1) is 10.1 Å². The highest BCUT2D eigenvalue weighted by molar-refractivity contribution is 6.32. The van der Waals surface area contributed by atoms with Crippen molar-refractivity contribution in [3.05, 3.63) is 51.2 Å². The van der Waals surface area contributed by atoms with E-state index in [4.69, 9.17) is 16.0 Å². The van der Waals surface area contributed by atoms with Crippen LogP contribution < -0.4 is 5.32 Å². The van der Waals surface area contributed by atoms with Gasteiger partial charge in [-0.05, 0) is 24.3 Å². The van der Waals surface area contributed by atoms with E-state index in [1.807, 2.05) is 0 Å². The van der Waals surface area contributed by atoms with Crippen LogP contribution in [0.5, 0.6) is 5.75 Å². The largest absolute Gasteiger partial charge is 0.506 e. The molecule has 2 rings (SSSR count). The summed E-state index contributed by atoms with van der Waals surface area (Å²) in [4.78, 5) is 21.4. The third kappa shape index (κ3) is 2.83. The Bertz CT molecular complexity index is 652. The number of furan rings is 1. The Morgan fingerprint density at radius 1 is 1.37 bits per heavy atom. The highest BCUT2D eigenvalue weighted by atomic mass is 35.5. The summed E-state index contributed by atoms with van der Waals surface area (Å²) in [5.41, 5.74) is 0.326. The molecule has 0 atom stereocenters. The fourth-order valence-corrected chi connectivity index (χ4v) is 1.51. The molecule has 0 saturated heterocycles. The minimum atomic E-state index is -0.742. The number of carbonyl (C=O) groups is 1. The number of nitrogens with one attached hydrogen (secondary N) is 1. The first-order valence-corrected chi connectivity index (χ1v) is 5.39. The predicted molar refractivity (Wildman–Crippen MR) is 66.4 cm³/mol. The smallest absolute Gasteiger partial charge is 0.433 e. The van der Waals surface area contributed by atoms with Gasteiger partial charge in [0, 0.05) is 5.69 Å². The molecule has 19 heavy (non-hydrogen) atoms. The monoisotopic (exact) mass is 282 g/mol. The summed E-state index contributed by atoms with van der Waals surface area (Å²) in [5, 5.41) is 22.1. The third-order valence-corrected chi connectivity index (χ3v) is 2.50. The maximum Gasteiger partial charge on any atom is 0.433 e. The van der Waals surface area contributed by atoms with Gasteiger partial charge >= 0.3 is 5.88 Å². The van der Waals surface area contributed by atoms with Crippen molar-refractivity contribution in [2.75, 3.05) is 5.32 Å². The molecule has 1 aromatic heterocycles. The number of phenols is 1. The first-order valence-electron chi connectivity index (χ1n) is 5.01. The van der Waals surface area contributed by atoms with Crippen LogP contribution in [0.4, 0.5) is 11.6 Å². The van der Waals surface area contributed by atoms with E-state index in [2.05, 4.69) is 5.32 Å². The van der Waals surface area contributed by atoms with E-state index in [0.717, 1.165) is 6.07 Å². The second kappa shape index (κ2) is 4.99. The zero-order valence-electron chi connectivity index (χ0n) is 9.29. The molecule has 0 saturated carbocycles. The topological polar surface area (TPSA) is 106 Å². The Kier molecular flexibility index (Phi) is 3.39. The number of nitrogens with zero attached hydrogens (tertiary/aromatic N) is 1. The van der Waals surface area contributed by atoms with Gasteiger partial charge in [0.2, 0.25) is 0 Å². The summed E-state index contributed by atoms with van der Waals surface area (Å²) in [7, 11) is 0. The minimum Gasteiger partial charge on any atom is -0.506 e. The van der Waals surface area contributed by atoms with Crippen molar-refractivity contribution in [2.45, 2.75) is 0 Å². The van der Waals surface area contributed by atoms with Crippen LogP contribution in [-0.2, 0) is 0 Å². The van der Waals surface area contributed by atoms with Gasteiger partial charge in [0.1, 0.15) is 10.7 Å². The molecule has 0 bridgehead atoms. The highest BCUT2D eigenvalue weighted by Gasteiger charge is 2.17. The number of benzene rings is 1. The Morgan fingerprint density at radius 2 is 2.11 bits per heavy atom. The quantitative estimate of drug-likeness (QED) is 0.511. The summed E-state index contributed by atoms with van der Waals surface area (Å²) in [6.07, 6.45) is 0. The molecule has 1 aromatic carbocycles. The van der Waals surface area contributed by atoms with Gasteiger partial charge in [0.05, 0.1) is 11.1 Å². The molecule has 0 radical (unpaired) electrons. The molecule has 2 N–H and O–H groups in total. The Morgan fingerprint density at radius 3 is 2.68 bits per heavy atom. The molecule has 0 fully saturated rings. The van der Waals surface area contributed by atoms with Gasteiger partial charge in [-0.1, -0.05) is 11.6 Å². The fourth-order valence-electron chi connectivity index (χ4n) is 1.33. The van der Waals surface area contributed by atoms with Crippen molar-refractivity contribution in [1.29, 1.82) is 0 Å². The lowest BCUT2D eigenvalue weighted by Gasteiger charge is -2.04. The second-order valence-electron chi connectivity index (χ2n) is 3.52. The summed E-state index contributed by atoms with van der Waals surface area (Å²) in [6, 6.07) is 6.35. The van der Waals surface area contributed by atoms with E-state index in [9.17, 15) is 20.0 Å². The molecule has 98 valence electrons. The maximum atomic E-state index is 11.7. The van der Waals surface area contributed by atoms with Crippen LogP contribution in [0.15, 0.2) is 34.7 Å². The Balaban J connectivity index is 2.15. The molecule has 7 nitrogen and oxygen atoms in total. The van der Waals surface area contributed by atoms with Gasteiger partial charge in [-0.25, -0.2) is 0 Å². The average Bonchev–Trinajstić information content (AvgIpc) is 2.83. The number of halogens is 1. The first kappa shape index (κ1) is 12.9. The molecule has 0 aliphatic heterocycles. The van der Waals surface area contributed by atoms with Crippen molar-refractivity contribution in [2.24, 2.45) is 0 Å². The zero-order chi connectivity index (χ0) is 14.0. The predicted octanol–water partition coefficient (Wildman–Crippen LogP) is 2.80. The summed E-state index contributed by atoms with van der Waals surface area (Å²) >= 11 is 5.67. The van der Waals surface area contributed by atoms with Crippen LogP contribution >= 0.6 is 11.6 Å². The second-order valence-corrected chi connectivity index (χ2v) is 3.92. The molecule has 0 unspecified atom stereocenters. The molecule has 1 heterocycles. The van der Waals surface area contributed by atoms with E-state index in [1.54, 1.807) is 0 Å². The SMILES string of the molecule is O=C(Nc1ccc(O)c(Cl)c1)c1ccc([N+](=O)[O-])o1. The average molecular weight is 283 g/mol. The molecule has 2 aromatic rings. The zero-order valence-corrected chi connectivity index (χ0v) is 10.0. The lowest BCUT2D eigenvalue weighted by molar-refractivity contribution is -0.402. The molecule has 0 aliphatic rings. The van der Waals surface area contributed by atoms with Gasteiger partial charge < -0.3 is 14.8 Å². The summed E-state index contributed by atoms with van der Waals surface area (Å²) in [5.74, 6) is -1.49. The lowest BCUT2D eigenvalue weighted by atomic mass is 10.3. The van der Waals surface area contributed by atoms with E-state index >= 15 is 0 Å². The van der Waals surface area contributed by atoms with Crippen LogP contribution in [0.25, 0.3) is 0 Å². The van der Waals surface area contributed by atoms with Crippen LogP contribution in [0.1, 0.15) is 10.6 Å². The Labute approximate surface area is 111 Å². The van der Waals surface area contributed by atoms with Crippen molar-refractivity contribution >= 4 is 29.1 Å². The van der Waals surface area contributed by atoms with Crippen molar-refractivity contribution in [1.82, 2.24) is 0 Å². The standard InChI is InChI=1S/C11H7ClN2O5/c12-7-5-6(1-2-8(7)15)13-11(16)9-3-4-10(19-9)14(17)18/h1-5,15H,(H,13,16). The molecule has 0 spiro atoms. The van der Waals surface area contributed by atoms with Crippen LogP contribution in [0.2, 0.25) is 5.02 Å². The maximum absolute atomic E-state index is 11.7. The van der Waals surface area contributed by atoms with Crippen LogP contribution in [0.3, 0.4) is 0 Å². The number of hydrogen-bond donors (Lipinski definition) is 2. The van der Waals surface area contributed by atoms with Crippen LogP contribution in [-0.4, -0.2) is 15.9 Å². The summed E-state index contributed by atoms with van der Waals surface area (Å²) in [6.45, 7) is 0. The third-order valence-electron chi connectivity index (χ3n) is 2.20. The molecular formula is C11H7ClN2O5. The van der Waals surface area contributed by atoms with E-state index in [1.165, 1.54) is 24.3 Å². The van der Waals surface area contributed by atoms with Crippen molar-refractivity contribution < 1.29 is 19.2 Å². The van der Waals surface area contributed by atoms with Crippen molar-refractivity contribution in [3.8, 4) is 5.75 Å². The number of amides is 1. The van der Waals surface area contributed by atoms with Gasteiger partial charge in [-0.2, -0.15) is 0 Å². The number of phenolic OH excluding ortho intramolecular Hbond substituents is 1. The number of hydrogen-bond acceptors (Lipinski definition) is 5. The van der Waals surface area contributed by atoms with Gasteiger partial charge in [-0.15, -0.1) is 0 Å². The first-order chi connectivity index (χ1) is 8.97. The minimum absolute atomic E-state index is 0.0724. The van der Waals surface area contributed by atoms with E-state index in [0.29, 0.717) is 5.69 Å². The Hall–Kier alpha value is -2.54. The highest BCUT2D eigenvalue weighted by Crippen LogP contribution is 2.26. The molecular weight excluding hydrogens is 276 g/mol. The van der Waals surface area contributed by atoms with Gasteiger partial charge in [-0.3, -0.25) is 14.9 Å². The summed E-state index contributed by atoms with van der Waals surface area (Å²) < 4.78 is 4.74. The molecule has 0 aliphatic carbocycles. The molecule has 1 amide bonds. The number of anilines is 1. The lowest BCUT2D eigenvalue weighted by Crippen LogP contribution is -2.10. The fraction of sp³-hybridized carbons (Fsp3) is 0. The van der Waals surface area contributed by atoms with E-state index < -0.39 is 16.7 Å². The normalized spacial score (nSPS) is 10.2. The molecule has 8 heteroatoms. The number of aromatic hydroxyl groups is 1. The van der Waals surface area contributed by atoms with Crippen molar-refractivity contribution in [3.63, 3.8) is 0 Å².